The maximum Gasteiger partial charge on any atom is 0.228 e. The van der Waals surface area contributed by atoms with E-state index in [1.165, 1.54) is 6.42 Å². The SMILES string of the molecule is Cl.Cl.Nc1cccc2c1CCCN2C(=O)CC1CCCN1. The van der Waals surface area contributed by atoms with E-state index in [0.29, 0.717) is 12.5 Å². The van der Waals surface area contributed by atoms with Crippen molar-refractivity contribution in [3.05, 3.63) is 23.8 Å². The maximum atomic E-state index is 12.5. The average Bonchev–Trinajstić information content (AvgIpc) is 2.91. The second kappa shape index (κ2) is 7.87. The molecule has 0 aromatic heterocycles. The molecule has 0 bridgehead atoms. The second-order valence-corrected chi connectivity index (χ2v) is 5.49. The van der Waals surface area contributed by atoms with Crippen molar-refractivity contribution in [3.8, 4) is 0 Å². The first-order valence-electron chi connectivity index (χ1n) is 7.17. The Bertz CT molecular complexity index is 490. The van der Waals surface area contributed by atoms with Crippen molar-refractivity contribution in [2.24, 2.45) is 0 Å². The summed E-state index contributed by atoms with van der Waals surface area (Å²) in [6, 6.07) is 6.24. The number of rotatable bonds is 2. The first kappa shape index (κ1) is 18.1. The number of hydrogen-bond acceptors (Lipinski definition) is 3. The zero-order valence-corrected chi connectivity index (χ0v) is 13.6. The van der Waals surface area contributed by atoms with Gasteiger partial charge in [0.05, 0.1) is 0 Å². The molecule has 1 amide bonds. The van der Waals surface area contributed by atoms with E-state index in [0.717, 1.165) is 49.3 Å². The van der Waals surface area contributed by atoms with Gasteiger partial charge in [-0.3, -0.25) is 4.79 Å². The molecule has 2 heterocycles. The van der Waals surface area contributed by atoms with Crippen molar-refractivity contribution in [2.75, 3.05) is 23.7 Å². The van der Waals surface area contributed by atoms with E-state index < -0.39 is 0 Å². The number of nitrogens with two attached hydrogens (primary N) is 1. The molecule has 3 rings (SSSR count). The van der Waals surface area contributed by atoms with Crippen molar-refractivity contribution in [3.63, 3.8) is 0 Å². The number of carbonyl (C=O) groups excluding carboxylic acids is 1. The number of nitrogens with one attached hydrogen (secondary N) is 1. The van der Waals surface area contributed by atoms with E-state index in [-0.39, 0.29) is 30.7 Å². The Morgan fingerprint density at radius 3 is 2.86 bits per heavy atom. The number of nitrogens with zero attached hydrogens (tertiary/aromatic N) is 1. The van der Waals surface area contributed by atoms with Crippen molar-refractivity contribution in [1.82, 2.24) is 5.32 Å². The topological polar surface area (TPSA) is 58.4 Å². The molecule has 1 unspecified atom stereocenters. The summed E-state index contributed by atoms with van der Waals surface area (Å²) in [5, 5.41) is 3.39. The fourth-order valence-corrected chi connectivity index (χ4v) is 3.16. The molecule has 2 aliphatic heterocycles. The van der Waals surface area contributed by atoms with Crippen LogP contribution in [0.4, 0.5) is 11.4 Å². The average molecular weight is 332 g/mol. The summed E-state index contributed by atoms with van der Waals surface area (Å²) in [6.45, 7) is 1.86. The van der Waals surface area contributed by atoms with Gasteiger partial charge < -0.3 is 16.0 Å². The summed E-state index contributed by atoms with van der Waals surface area (Å²) >= 11 is 0. The van der Waals surface area contributed by atoms with Crippen LogP contribution in [-0.2, 0) is 11.2 Å². The Kier molecular flexibility index (Phi) is 6.78. The molecular weight excluding hydrogens is 309 g/mol. The molecular formula is C15H23Cl2N3O. The van der Waals surface area contributed by atoms with Gasteiger partial charge in [0.2, 0.25) is 5.91 Å². The quantitative estimate of drug-likeness (QED) is 0.819. The zero-order valence-electron chi connectivity index (χ0n) is 12.0. The minimum absolute atomic E-state index is 0. The summed E-state index contributed by atoms with van der Waals surface area (Å²) in [5.74, 6) is 0.228. The van der Waals surface area contributed by atoms with Gasteiger partial charge in [-0.1, -0.05) is 6.07 Å². The molecule has 3 N–H and O–H groups in total. The van der Waals surface area contributed by atoms with Crippen LogP contribution in [0.2, 0.25) is 0 Å². The van der Waals surface area contributed by atoms with Crippen LogP contribution in [-0.4, -0.2) is 25.0 Å². The monoisotopic (exact) mass is 331 g/mol. The van der Waals surface area contributed by atoms with Crippen molar-refractivity contribution in [2.45, 2.75) is 38.1 Å². The largest absolute Gasteiger partial charge is 0.398 e. The van der Waals surface area contributed by atoms with Gasteiger partial charge in [0, 0.05) is 30.4 Å². The predicted octanol–water partition coefficient (Wildman–Crippen LogP) is 2.53. The highest BCUT2D eigenvalue weighted by Crippen LogP contribution is 2.31. The molecule has 1 aromatic rings. The number of nitrogen functional groups attached to an aromatic ring is 1. The van der Waals surface area contributed by atoms with Gasteiger partial charge in [0.1, 0.15) is 0 Å². The third kappa shape index (κ3) is 3.82. The molecule has 4 nitrogen and oxygen atoms in total. The molecule has 21 heavy (non-hydrogen) atoms. The van der Waals surface area contributed by atoms with Gasteiger partial charge in [-0.25, -0.2) is 0 Å². The van der Waals surface area contributed by atoms with Crippen molar-refractivity contribution < 1.29 is 4.79 Å². The number of benzene rings is 1. The molecule has 118 valence electrons. The van der Waals surface area contributed by atoms with Crippen molar-refractivity contribution >= 4 is 42.1 Å². The third-order valence-electron chi connectivity index (χ3n) is 4.17. The molecule has 1 saturated heterocycles. The normalized spacial score (nSPS) is 20.2. The lowest BCUT2D eigenvalue weighted by Crippen LogP contribution is -2.39. The number of hydrogen-bond donors (Lipinski definition) is 2. The molecule has 2 aliphatic rings. The number of fused-ring (bicyclic) bond motifs is 1. The highest BCUT2D eigenvalue weighted by Gasteiger charge is 2.26. The van der Waals surface area contributed by atoms with Gasteiger partial charge in [-0.2, -0.15) is 0 Å². The number of anilines is 2. The second-order valence-electron chi connectivity index (χ2n) is 5.49. The van der Waals surface area contributed by atoms with Gasteiger partial charge in [0.15, 0.2) is 0 Å². The van der Waals surface area contributed by atoms with E-state index in [2.05, 4.69) is 5.32 Å². The van der Waals surface area contributed by atoms with E-state index in [1.807, 2.05) is 23.1 Å². The fourth-order valence-electron chi connectivity index (χ4n) is 3.16. The van der Waals surface area contributed by atoms with Crippen LogP contribution in [0.1, 0.15) is 31.2 Å². The fraction of sp³-hybridized carbons (Fsp3) is 0.533. The molecule has 1 fully saturated rings. The number of amides is 1. The van der Waals surface area contributed by atoms with Gasteiger partial charge in [0.25, 0.3) is 0 Å². The van der Waals surface area contributed by atoms with Crippen LogP contribution in [0, 0.1) is 0 Å². The van der Waals surface area contributed by atoms with E-state index in [1.54, 1.807) is 0 Å². The molecule has 0 aliphatic carbocycles. The van der Waals surface area contributed by atoms with Crippen LogP contribution in [0.3, 0.4) is 0 Å². The van der Waals surface area contributed by atoms with Gasteiger partial charge in [-0.15, -0.1) is 24.8 Å². The van der Waals surface area contributed by atoms with E-state index in [9.17, 15) is 4.79 Å². The Labute approximate surface area is 138 Å². The predicted molar refractivity (Wildman–Crippen MR) is 91.7 cm³/mol. The zero-order chi connectivity index (χ0) is 13.2. The smallest absolute Gasteiger partial charge is 0.228 e. The molecule has 1 atom stereocenters. The van der Waals surface area contributed by atoms with Crippen molar-refractivity contribution in [1.29, 1.82) is 0 Å². The summed E-state index contributed by atoms with van der Waals surface area (Å²) in [7, 11) is 0. The number of carbonyl (C=O) groups is 1. The lowest BCUT2D eigenvalue weighted by Gasteiger charge is -2.31. The standard InChI is InChI=1S/C15H21N3O.2ClH/c16-13-6-1-7-14-12(13)5-3-9-18(14)15(19)10-11-4-2-8-17-11;;/h1,6-7,11,17H,2-5,8-10,16H2;2*1H. The van der Waals surface area contributed by atoms with Gasteiger partial charge >= 0.3 is 0 Å². The van der Waals surface area contributed by atoms with Crippen LogP contribution in [0.25, 0.3) is 0 Å². The first-order chi connectivity index (χ1) is 9.25. The maximum absolute atomic E-state index is 12.5. The molecule has 0 saturated carbocycles. The van der Waals surface area contributed by atoms with Crippen LogP contribution >= 0.6 is 24.8 Å². The highest BCUT2D eigenvalue weighted by atomic mass is 35.5. The number of halogens is 2. The Morgan fingerprint density at radius 2 is 2.14 bits per heavy atom. The Morgan fingerprint density at radius 1 is 1.33 bits per heavy atom. The summed E-state index contributed by atoms with van der Waals surface area (Å²) < 4.78 is 0. The minimum Gasteiger partial charge on any atom is -0.398 e. The lowest BCUT2D eigenvalue weighted by molar-refractivity contribution is -0.119. The van der Waals surface area contributed by atoms with Gasteiger partial charge in [-0.05, 0) is 49.9 Å². The minimum atomic E-state index is 0. The molecule has 1 aromatic carbocycles. The lowest BCUT2D eigenvalue weighted by atomic mass is 9.99. The third-order valence-corrected chi connectivity index (χ3v) is 4.17. The summed E-state index contributed by atoms with van der Waals surface area (Å²) in [4.78, 5) is 14.4. The summed E-state index contributed by atoms with van der Waals surface area (Å²) in [6.07, 6.45) is 4.89. The Hall–Kier alpha value is -0.970. The summed E-state index contributed by atoms with van der Waals surface area (Å²) in [5.41, 5.74) is 8.99. The van der Waals surface area contributed by atoms with Crippen LogP contribution < -0.4 is 16.0 Å². The molecule has 0 spiro atoms. The van der Waals surface area contributed by atoms with Crippen LogP contribution in [0.5, 0.6) is 0 Å². The first-order valence-corrected chi connectivity index (χ1v) is 7.17. The highest BCUT2D eigenvalue weighted by molar-refractivity contribution is 5.95. The Balaban J connectivity index is 0.00000110. The van der Waals surface area contributed by atoms with E-state index >= 15 is 0 Å². The van der Waals surface area contributed by atoms with E-state index in [4.69, 9.17) is 5.73 Å². The van der Waals surface area contributed by atoms with Crippen LogP contribution in [0.15, 0.2) is 18.2 Å². The molecule has 6 heteroatoms. The molecule has 0 radical (unpaired) electrons.